The maximum Gasteiger partial charge on any atom is 0.211 e. The fraction of sp³-hybridized carbons (Fsp3) is 0.471. The van der Waals surface area contributed by atoms with Crippen LogP contribution in [0, 0.1) is 11.7 Å². The molecule has 0 aliphatic carbocycles. The molecule has 25 heavy (non-hydrogen) atoms. The third-order valence-electron chi connectivity index (χ3n) is 4.55. The molecule has 1 saturated heterocycles. The predicted molar refractivity (Wildman–Crippen MR) is 95.4 cm³/mol. The second kappa shape index (κ2) is 7.23. The number of fused-ring (bicyclic) bond motifs is 1. The van der Waals surface area contributed by atoms with Crippen molar-refractivity contribution in [3.8, 4) is 0 Å². The molecule has 0 spiro atoms. The van der Waals surface area contributed by atoms with Crippen LogP contribution in [0.25, 0.3) is 10.9 Å². The topological polar surface area (TPSA) is 82.3 Å². The molecule has 2 aromatic rings. The van der Waals surface area contributed by atoms with Crippen LogP contribution in [0.3, 0.4) is 0 Å². The van der Waals surface area contributed by atoms with Gasteiger partial charge in [0.15, 0.2) is 5.43 Å². The zero-order chi connectivity index (χ0) is 18.0. The van der Waals surface area contributed by atoms with Crippen molar-refractivity contribution in [1.82, 2.24) is 14.6 Å². The van der Waals surface area contributed by atoms with Gasteiger partial charge in [0, 0.05) is 42.3 Å². The van der Waals surface area contributed by atoms with E-state index in [0.717, 1.165) is 18.5 Å². The number of nitrogens with zero attached hydrogens (tertiary/aromatic N) is 1. The predicted octanol–water partition coefficient (Wildman–Crippen LogP) is 1.43. The summed E-state index contributed by atoms with van der Waals surface area (Å²) in [5.41, 5.74) is 1.11. The molecule has 0 saturated carbocycles. The molecule has 8 heteroatoms. The highest BCUT2D eigenvalue weighted by molar-refractivity contribution is 7.88. The van der Waals surface area contributed by atoms with E-state index in [-0.39, 0.29) is 11.3 Å². The van der Waals surface area contributed by atoms with Crippen LogP contribution in [0.1, 0.15) is 18.5 Å². The van der Waals surface area contributed by atoms with Gasteiger partial charge in [0.2, 0.25) is 10.0 Å². The van der Waals surface area contributed by atoms with Crippen LogP contribution in [-0.2, 0) is 16.6 Å². The fourth-order valence-electron chi connectivity index (χ4n) is 3.28. The van der Waals surface area contributed by atoms with Crippen LogP contribution in [0.4, 0.5) is 4.39 Å². The van der Waals surface area contributed by atoms with Crippen molar-refractivity contribution in [2.45, 2.75) is 19.4 Å². The number of nitrogens with one attached hydrogen (secondary N) is 2. The van der Waals surface area contributed by atoms with E-state index in [9.17, 15) is 17.6 Å². The van der Waals surface area contributed by atoms with Crippen LogP contribution in [-0.4, -0.2) is 43.6 Å². The lowest BCUT2D eigenvalue weighted by molar-refractivity contribution is 0.261. The lowest BCUT2D eigenvalue weighted by atomic mass is 10.00. The van der Waals surface area contributed by atoms with Gasteiger partial charge in [-0.15, -0.1) is 0 Å². The third kappa shape index (κ3) is 4.45. The zero-order valence-corrected chi connectivity index (χ0v) is 14.9. The first-order valence-corrected chi connectivity index (χ1v) is 10.1. The third-order valence-corrected chi connectivity index (χ3v) is 5.82. The number of hydrogen-bond donors (Lipinski definition) is 2. The normalized spacial score (nSPS) is 19.4. The van der Waals surface area contributed by atoms with Gasteiger partial charge in [-0.25, -0.2) is 17.1 Å². The molecular weight excluding hydrogens is 345 g/mol. The molecule has 1 fully saturated rings. The number of hydrogen-bond acceptors (Lipinski definition) is 4. The highest BCUT2D eigenvalue weighted by atomic mass is 32.2. The summed E-state index contributed by atoms with van der Waals surface area (Å²) in [5, 5.41) is 3.61. The van der Waals surface area contributed by atoms with E-state index in [1.54, 1.807) is 6.07 Å². The van der Waals surface area contributed by atoms with E-state index in [0.29, 0.717) is 37.1 Å². The maximum absolute atomic E-state index is 13.2. The number of sulfonamides is 1. The minimum Gasteiger partial charge on any atom is -0.357 e. The van der Waals surface area contributed by atoms with Crippen molar-refractivity contribution < 1.29 is 12.8 Å². The number of aromatic nitrogens is 1. The molecule has 2 N–H and O–H groups in total. The molecule has 3 rings (SSSR count). The standard InChI is InChI=1S/C17H22FN3O3S/c1-25(23,24)21-6-2-3-12(11-21)9-19-10-14-8-17(22)15-7-13(18)4-5-16(15)20-14/h4-5,7-8,12,19H,2-3,6,9-11H2,1H3,(H,20,22)/t12-/m0/s1. The molecule has 0 amide bonds. The minimum atomic E-state index is -3.14. The Labute approximate surface area is 146 Å². The molecule has 1 aliphatic rings. The average Bonchev–Trinajstić information content (AvgIpc) is 2.55. The Kier molecular flexibility index (Phi) is 5.21. The summed E-state index contributed by atoms with van der Waals surface area (Å²) in [4.78, 5) is 15.2. The van der Waals surface area contributed by atoms with Crippen LogP contribution < -0.4 is 10.7 Å². The molecule has 2 heterocycles. The largest absolute Gasteiger partial charge is 0.357 e. The van der Waals surface area contributed by atoms with E-state index in [1.807, 2.05) is 0 Å². The molecule has 1 aromatic carbocycles. The van der Waals surface area contributed by atoms with E-state index in [2.05, 4.69) is 10.3 Å². The van der Waals surface area contributed by atoms with E-state index >= 15 is 0 Å². The summed E-state index contributed by atoms with van der Waals surface area (Å²) < 4.78 is 38.1. The molecular formula is C17H22FN3O3S. The molecule has 0 radical (unpaired) electrons. The number of pyridine rings is 1. The lowest BCUT2D eigenvalue weighted by Gasteiger charge is -2.31. The fourth-order valence-corrected chi connectivity index (χ4v) is 4.22. The SMILES string of the molecule is CS(=O)(=O)N1CCC[C@@H](CNCc2cc(=O)c3cc(F)ccc3[nH]2)C1. The van der Waals surface area contributed by atoms with Gasteiger partial charge in [-0.05, 0) is 43.5 Å². The quantitative estimate of drug-likeness (QED) is 0.838. The van der Waals surface area contributed by atoms with Crippen LogP contribution in [0.15, 0.2) is 29.1 Å². The zero-order valence-electron chi connectivity index (χ0n) is 14.1. The van der Waals surface area contributed by atoms with Crippen molar-refractivity contribution in [3.05, 3.63) is 46.0 Å². The number of aromatic amines is 1. The maximum atomic E-state index is 13.2. The summed E-state index contributed by atoms with van der Waals surface area (Å²) >= 11 is 0. The number of benzene rings is 1. The average molecular weight is 367 g/mol. The Morgan fingerprint density at radius 3 is 2.92 bits per heavy atom. The Bertz CT molecular complexity index is 926. The molecule has 1 aromatic heterocycles. The van der Waals surface area contributed by atoms with Crippen molar-refractivity contribution in [2.75, 3.05) is 25.9 Å². The van der Waals surface area contributed by atoms with Crippen molar-refractivity contribution >= 4 is 20.9 Å². The molecule has 6 nitrogen and oxygen atoms in total. The molecule has 0 unspecified atom stereocenters. The van der Waals surface area contributed by atoms with Gasteiger partial charge < -0.3 is 10.3 Å². The first kappa shape index (κ1) is 18.0. The Hall–Kier alpha value is -1.77. The number of H-pyrrole nitrogens is 1. The van der Waals surface area contributed by atoms with Gasteiger partial charge in [-0.1, -0.05) is 0 Å². The number of piperidine rings is 1. The van der Waals surface area contributed by atoms with Crippen LogP contribution >= 0.6 is 0 Å². The van der Waals surface area contributed by atoms with Gasteiger partial charge in [-0.3, -0.25) is 4.79 Å². The van der Waals surface area contributed by atoms with Crippen molar-refractivity contribution in [2.24, 2.45) is 5.92 Å². The van der Waals surface area contributed by atoms with E-state index in [1.165, 1.54) is 28.8 Å². The van der Waals surface area contributed by atoms with Gasteiger partial charge in [0.05, 0.1) is 6.26 Å². The smallest absolute Gasteiger partial charge is 0.211 e. The number of halogens is 1. The monoisotopic (exact) mass is 367 g/mol. The molecule has 136 valence electrons. The van der Waals surface area contributed by atoms with Gasteiger partial charge in [-0.2, -0.15) is 0 Å². The molecule has 1 aliphatic heterocycles. The molecule has 0 bridgehead atoms. The Morgan fingerprint density at radius 1 is 1.36 bits per heavy atom. The summed E-state index contributed by atoms with van der Waals surface area (Å²) in [6.07, 6.45) is 3.08. The first-order valence-electron chi connectivity index (χ1n) is 8.30. The van der Waals surface area contributed by atoms with Crippen molar-refractivity contribution in [1.29, 1.82) is 0 Å². The minimum absolute atomic E-state index is 0.217. The van der Waals surface area contributed by atoms with Crippen LogP contribution in [0.5, 0.6) is 0 Å². The highest BCUT2D eigenvalue weighted by Gasteiger charge is 2.25. The van der Waals surface area contributed by atoms with Gasteiger partial charge in [0.1, 0.15) is 5.82 Å². The van der Waals surface area contributed by atoms with E-state index < -0.39 is 15.8 Å². The van der Waals surface area contributed by atoms with Crippen LogP contribution in [0.2, 0.25) is 0 Å². The lowest BCUT2D eigenvalue weighted by Crippen LogP contribution is -2.42. The Morgan fingerprint density at radius 2 is 2.16 bits per heavy atom. The Balaban J connectivity index is 1.61. The summed E-state index contributed by atoms with van der Waals surface area (Å²) in [5.74, 6) is -0.179. The van der Waals surface area contributed by atoms with Gasteiger partial charge >= 0.3 is 0 Å². The molecule has 1 atom stereocenters. The summed E-state index contributed by atoms with van der Waals surface area (Å²) in [6.45, 7) is 2.26. The van der Waals surface area contributed by atoms with E-state index in [4.69, 9.17) is 0 Å². The summed E-state index contributed by atoms with van der Waals surface area (Å²) in [6, 6.07) is 5.57. The van der Waals surface area contributed by atoms with Gasteiger partial charge in [0.25, 0.3) is 0 Å². The highest BCUT2D eigenvalue weighted by Crippen LogP contribution is 2.18. The second-order valence-corrected chi connectivity index (χ2v) is 8.59. The summed E-state index contributed by atoms with van der Waals surface area (Å²) in [7, 11) is -3.14. The van der Waals surface area contributed by atoms with Crippen molar-refractivity contribution in [3.63, 3.8) is 0 Å². The number of rotatable bonds is 5. The second-order valence-electron chi connectivity index (χ2n) is 6.61. The first-order chi connectivity index (χ1) is 11.8.